The highest BCUT2D eigenvalue weighted by molar-refractivity contribution is 7.90. The Labute approximate surface area is 201 Å². The lowest BCUT2D eigenvalue weighted by molar-refractivity contribution is -0.144. The van der Waals surface area contributed by atoms with Gasteiger partial charge in [-0.2, -0.15) is 0 Å². The predicted octanol–water partition coefficient (Wildman–Crippen LogP) is 3.73. The number of hydrogen-bond donors (Lipinski definition) is 2. The number of nitrogens with two attached hydrogens (primary N) is 1. The molecule has 1 atom stereocenters. The number of hydrogen-bond acceptors (Lipinski definition) is 5. The molecule has 0 saturated carbocycles. The zero-order valence-electron chi connectivity index (χ0n) is 19.9. The van der Waals surface area contributed by atoms with Gasteiger partial charge in [0.2, 0.25) is 11.8 Å². The number of carbonyl (C=O) groups excluding carboxylic acids is 2. The number of rotatable bonds is 8. The van der Waals surface area contributed by atoms with Gasteiger partial charge in [-0.25, -0.2) is 13.1 Å². The van der Waals surface area contributed by atoms with E-state index in [-0.39, 0.29) is 23.4 Å². The van der Waals surface area contributed by atoms with Crippen molar-refractivity contribution in [2.24, 2.45) is 5.92 Å². The topological polar surface area (TPSA) is 110 Å². The number of carbonyl (C=O) groups is 2. The van der Waals surface area contributed by atoms with Gasteiger partial charge in [0.25, 0.3) is 10.0 Å². The van der Waals surface area contributed by atoms with Crippen LogP contribution in [0.1, 0.15) is 33.3 Å². The summed E-state index contributed by atoms with van der Waals surface area (Å²) in [6.07, 6.45) is 0.0497. The van der Waals surface area contributed by atoms with Gasteiger partial charge >= 0.3 is 0 Å². The predicted molar refractivity (Wildman–Crippen MR) is 134 cm³/mol. The molecule has 0 aromatic heterocycles. The van der Waals surface area contributed by atoms with Crippen LogP contribution in [-0.4, -0.2) is 37.2 Å². The second-order valence-electron chi connectivity index (χ2n) is 8.91. The van der Waals surface area contributed by atoms with Crippen molar-refractivity contribution in [2.75, 3.05) is 5.73 Å². The van der Waals surface area contributed by atoms with Crippen molar-refractivity contribution in [1.82, 2.24) is 9.62 Å². The highest BCUT2D eigenvalue weighted by Crippen LogP contribution is 2.21. The van der Waals surface area contributed by atoms with Gasteiger partial charge in [-0.05, 0) is 74.7 Å². The van der Waals surface area contributed by atoms with E-state index in [4.69, 9.17) is 5.73 Å². The second-order valence-corrected chi connectivity index (χ2v) is 10.6. The number of nitrogen functional groups attached to an aromatic ring is 1. The minimum atomic E-state index is -4.18. The molecular weight excluding hydrogens is 450 g/mol. The molecule has 0 saturated heterocycles. The van der Waals surface area contributed by atoms with Crippen LogP contribution < -0.4 is 10.5 Å². The van der Waals surface area contributed by atoms with Crippen LogP contribution in [0, 0.1) is 5.92 Å². The fraction of sp³-hybridized carbons (Fsp3) is 0.308. The van der Waals surface area contributed by atoms with Gasteiger partial charge in [-0.1, -0.05) is 42.5 Å². The largest absolute Gasteiger partial charge is 0.399 e. The third kappa shape index (κ3) is 5.75. The van der Waals surface area contributed by atoms with E-state index in [2.05, 4.69) is 4.72 Å². The molecule has 0 aliphatic carbocycles. The molecule has 1 unspecified atom stereocenters. The van der Waals surface area contributed by atoms with Crippen molar-refractivity contribution in [3.05, 3.63) is 72.3 Å². The number of fused-ring (bicyclic) bond motifs is 1. The Morgan fingerprint density at radius 2 is 1.47 bits per heavy atom. The van der Waals surface area contributed by atoms with Gasteiger partial charge in [-0.15, -0.1) is 0 Å². The van der Waals surface area contributed by atoms with Crippen molar-refractivity contribution >= 4 is 38.3 Å². The number of benzene rings is 3. The lowest BCUT2D eigenvalue weighted by atomic mass is 9.96. The molecule has 0 radical (unpaired) electrons. The number of nitrogens with zero attached hydrogens (tertiary/aromatic N) is 1. The summed E-state index contributed by atoms with van der Waals surface area (Å²) in [5.41, 5.74) is 7.02. The van der Waals surface area contributed by atoms with E-state index in [1.807, 2.05) is 45.9 Å². The zero-order chi connectivity index (χ0) is 25.0. The van der Waals surface area contributed by atoms with Crippen LogP contribution in [0.4, 0.5) is 5.69 Å². The molecule has 8 heteroatoms. The molecule has 0 bridgehead atoms. The van der Waals surface area contributed by atoms with Crippen LogP contribution in [0.2, 0.25) is 0 Å². The molecule has 7 nitrogen and oxygen atoms in total. The summed E-state index contributed by atoms with van der Waals surface area (Å²) in [6.45, 7) is 7.45. The fourth-order valence-corrected chi connectivity index (χ4v) is 5.12. The molecule has 0 spiro atoms. The molecule has 3 aromatic carbocycles. The van der Waals surface area contributed by atoms with Crippen LogP contribution in [0.3, 0.4) is 0 Å². The quantitative estimate of drug-likeness (QED) is 0.376. The van der Waals surface area contributed by atoms with Gasteiger partial charge in [0, 0.05) is 17.8 Å². The molecular formula is C26H31N3O4S. The van der Waals surface area contributed by atoms with E-state index >= 15 is 0 Å². The van der Waals surface area contributed by atoms with Crippen molar-refractivity contribution in [3.8, 4) is 0 Å². The number of anilines is 1. The summed E-state index contributed by atoms with van der Waals surface area (Å²) in [4.78, 5) is 28.3. The minimum Gasteiger partial charge on any atom is -0.399 e. The van der Waals surface area contributed by atoms with Crippen molar-refractivity contribution in [2.45, 2.75) is 51.1 Å². The molecule has 0 heterocycles. The first-order valence-electron chi connectivity index (χ1n) is 11.2. The molecule has 0 aliphatic rings. The number of nitrogens with one attached hydrogen (secondary N) is 1. The third-order valence-corrected chi connectivity index (χ3v) is 7.01. The first-order chi connectivity index (χ1) is 16.0. The van der Waals surface area contributed by atoms with Crippen molar-refractivity contribution in [1.29, 1.82) is 0 Å². The summed E-state index contributed by atoms with van der Waals surface area (Å²) >= 11 is 0. The maximum Gasteiger partial charge on any atom is 0.264 e. The average Bonchev–Trinajstić information content (AvgIpc) is 2.77. The Bertz CT molecular complexity index is 1280. The van der Waals surface area contributed by atoms with Crippen LogP contribution in [0.25, 0.3) is 10.8 Å². The second kappa shape index (κ2) is 10.3. The maximum atomic E-state index is 13.5. The monoisotopic (exact) mass is 481 g/mol. The van der Waals surface area contributed by atoms with Crippen LogP contribution >= 0.6 is 0 Å². The lowest BCUT2D eigenvalue weighted by Gasteiger charge is -2.33. The average molecular weight is 482 g/mol. The Hall–Kier alpha value is -3.39. The Kier molecular flexibility index (Phi) is 7.61. The Morgan fingerprint density at radius 1 is 0.882 bits per heavy atom. The summed E-state index contributed by atoms with van der Waals surface area (Å²) in [7, 11) is -4.18. The van der Waals surface area contributed by atoms with Crippen LogP contribution in [0.5, 0.6) is 0 Å². The first kappa shape index (κ1) is 25.2. The SMILES string of the molecule is CC(C)N(C(=O)C(Cc1ccc(N)cc1)C(=O)NS(=O)(=O)c1ccc2ccccc2c1)C(C)C. The first-order valence-corrected chi connectivity index (χ1v) is 12.7. The third-order valence-electron chi connectivity index (χ3n) is 5.67. The molecule has 0 aliphatic heterocycles. The van der Waals surface area contributed by atoms with Gasteiger partial charge in [0.1, 0.15) is 5.92 Å². The molecule has 3 N–H and O–H groups in total. The van der Waals surface area contributed by atoms with E-state index in [1.54, 1.807) is 41.3 Å². The van der Waals surface area contributed by atoms with Crippen LogP contribution in [0.15, 0.2) is 71.6 Å². The molecule has 0 fully saturated rings. The zero-order valence-corrected chi connectivity index (χ0v) is 20.7. The van der Waals surface area contributed by atoms with Gasteiger partial charge in [0.05, 0.1) is 4.90 Å². The van der Waals surface area contributed by atoms with Gasteiger partial charge < -0.3 is 10.6 Å². The Balaban J connectivity index is 1.94. The van der Waals surface area contributed by atoms with Crippen LogP contribution in [-0.2, 0) is 26.0 Å². The smallest absolute Gasteiger partial charge is 0.264 e. The molecule has 180 valence electrons. The standard InChI is InChI=1S/C26H31N3O4S/c1-17(2)29(18(3)4)26(31)24(15-19-9-12-22(27)13-10-19)25(30)28-34(32,33)23-14-11-20-7-5-6-8-21(20)16-23/h5-14,16-18,24H,15,27H2,1-4H3,(H,28,30). The summed E-state index contributed by atoms with van der Waals surface area (Å²) in [5.74, 6) is -2.50. The van der Waals surface area contributed by atoms with Crippen molar-refractivity contribution < 1.29 is 18.0 Å². The normalized spacial score (nSPS) is 12.6. The highest BCUT2D eigenvalue weighted by Gasteiger charge is 2.35. The molecule has 34 heavy (non-hydrogen) atoms. The van der Waals surface area contributed by atoms with Crippen molar-refractivity contribution in [3.63, 3.8) is 0 Å². The minimum absolute atomic E-state index is 0.0391. The Morgan fingerprint density at radius 3 is 2.06 bits per heavy atom. The summed E-state index contributed by atoms with van der Waals surface area (Å²) in [6, 6.07) is 18.5. The summed E-state index contributed by atoms with van der Waals surface area (Å²) in [5, 5.41) is 1.62. The molecule has 2 amide bonds. The van der Waals surface area contributed by atoms with E-state index in [0.29, 0.717) is 11.3 Å². The van der Waals surface area contributed by atoms with Gasteiger partial charge in [-0.3, -0.25) is 9.59 Å². The van der Waals surface area contributed by atoms with E-state index in [0.717, 1.165) is 10.8 Å². The molecule has 3 aromatic rings. The van der Waals surface area contributed by atoms with E-state index < -0.39 is 27.8 Å². The van der Waals surface area contributed by atoms with Gasteiger partial charge in [0.15, 0.2) is 0 Å². The molecule has 3 rings (SSSR count). The highest BCUT2D eigenvalue weighted by atomic mass is 32.2. The lowest BCUT2D eigenvalue weighted by Crippen LogP contribution is -2.50. The maximum absolute atomic E-state index is 13.5. The van der Waals surface area contributed by atoms with E-state index in [9.17, 15) is 18.0 Å². The summed E-state index contributed by atoms with van der Waals surface area (Å²) < 4.78 is 28.3. The number of sulfonamides is 1. The number of amides is 2. The van der Waals surface area contributed by atoms with E-state index in [1.165, 1.54) is 12.1 Å². The fourth-order valence-electron chi connectivity index (χ4n) is 4.06.